The number of carbonyl (C=O) groups is 1. The summed E-state index contributed by atoms with van der Waals surface area (Å²) in [6.45, 7) is 1.96. The number of amides is 1. The molecule has 116 valence electrons. The second-order valence-corrected chi connectivity index (χ2v) is 5.05. The van der Waals surface area contributed by atoms with Crippen LogP contribution in [0.4, 0.5) is 0 Å². The minimum Gasteiger partial charge on any atom is -0.497 e. The van der Waals surface area contributed by atoms with Crippen molar-refractivity contribution in [1.82, 2.24) is 5.32 Å². The summed E-state index contributed by atoms with van der Waals surface area (Å²) in [5, 5.41) is 3.00. The molecule has 1 amide bonds. The maximum atomic E-state index is 12.2. The Morgan fingerprint density at radius 2 is 1.73 bits per heavy atom. The molecule has 0 bridgehead atoms. The van der Waals surface area contributed by atoms with E-state index in [9.17, 15) is 4.79 Å². The first-order chi connectivity index (χ1) is 10.6. The van der Waals surface area contributed by atoms with Crippen LogP contribution in [0.25, 0.3) is 0 Å². The van der Waals surface area contributed by atoms with Crippen molar-refractivity contribution < 1.29 is 14.3 Å². The van der Waals surface area contributed by atoms with Crippen LogP contribution < -0.4 is 14.8 Å². The molecule has 1 unspecified atom stereocenters. The molecule has 0 aliphatic rings. The number of rotatable bonds is 6. The van der Waals surface area contributed by atoms with Crippen LogP contribution in [-0.2, 0) is 11.2 Å². The molecule has 4 nitrogen and oxygen atoms in total. The largest absolute Gasteiger partial charge is 0.497 e. The van der Waals surface area contributed by atoms with Crippen LogP contribution in [0.5, 0.6) is 11.5 Å². The Balaban J connectivity index is 1.98. The van der Waals surface area contributed by atoms with Crippen molar-refractivity contribution in [2.75, 3.05) is 14.2 Å². The summed E-state index contributed by atoms with van der Waals surface area (Å²) in [5.74, 6) is 1.50. The predicted octanol–water partition coefficient (Wildman–Crippen LogP) is 3.12. The lowest BCUT2D eigenvalue weighted by Gasteiger charge is -2.15. The van der Waals surface area contributed by atoms with Gasteiger partial charge in [0, 0.05) is 5.56 Å². The molecule has 2 aromatic rings. The van der Waals surface area contributed by atoms with Gasteiger partial charge in [-0.15, -0.1) is 0 Å². The molecule has 1 atom stereocenters. The molecule has 1 N–H and O–H groups in total. The van der Waals surface area contributed by atoms with E-state index in [-0.39, 0.29) is 11.9 Å². The van der Waals surface area contributed by atoms with Gasteiger partial charge in [0.05, 0.1) is 26.7 Å². The highest BCUT2D eigenvalue weighted by Crippen LogP contribution is 2.20. The summed E-state index contributed by atoms with van der Waals surface area (Å²) in [5.41, 5.74) is 1.92. The van der Waals surface area contributed by atoms with Crippen LogP contribution in [0.3, 0.4) is 0 Å². The van der Waals surface area contributed by atoms with Gasteiger partial charge in [-0.05, 0) is 30.7 Å². The van der Waals surface area contributed by atoms with Crippen molar-refractivity contribution in [1.29, 1.82) is 0 Å². The SMILES string of the molecule is COc1ccc(C(C)NC(=O)Cc2ccccc2OC)cc1. The normalized spacial score (nSPS) is 11.6. The minimum absolute atomic E-state index is 0.0344. The number of methoxy groups -OCH3 is 2. The number of benzene rings is 2. The first-order valence-corrected chi connectivity index (χ1v) is 7.19. The summed E-state index contributed by atoms with van der Waals surface area (Å²) in [6.07, 6.45) is 0.296. The monoisotopic (exact) mass is 299 g/mol. The number of nitrogens with one attached hydrogen (secondary N) is 1. The van der Waals surface area contributed by atoms with E-state index in [2.05, 4.69) is 5.32 Å². The molecule has 4 heteroatoms. The fourth-order valence-corrected chi connectivity index (χ4v) is 2.29. The van der Waals surface area contributed by atoms with Crippen LogP contribution in [0.15, 0.2) is 48.5 Å². The van der Waals surface area contributed by atoms with Gasteiger partial charge in [0.1, 0.15) is 11.5 Å². The van der Waals surface area contributed by atoms with Gasteiger partial charge in [0.25, 0.3) is 0 Å². The van der Waals surface area contributed by atoms with Gasteiger partial charge < -0.3 is 14.8 Å². The minimum atomic E-state index is -0.0619. The molecule has 0 aromatic heterocycles. The molecule has 0 spiro atoms. The fraction of sp³-hybridized carbons (Fsp3) is 0.278. The summed E-state index contributed by atoms with van der Waals surface area (Å²) < 4.78 is 10.4. The molecule has 0 heterocycles. The van der Waals surface area contributed by atoms with E-state index in [1.54, 1.807) is 14.2 Å². The average molecular weight is 299 g/mol. The Morgan fingerprint density at radius 1 is 1.05 bits per heavy atom. The first-order valence-electron chi connectivity index (χ1n) is 7.19. The van der Waals surface area contributed by atoms with Crippen molar-refractivity contribution in [3.05, 3.63) is 59.7 Å². The topological polar surface area (TPSA) is 47.6 Å². The zero-order valence-electron chi connectivity index (χ0n) is 13.1. The van der Waals surface area contributed by atoms with Gasteiger partial charge >= 0.3 is 0 Å². The summed E-state index contributed by atoms with van der Waals surface area (Å²) in [7, 11) is 3.24. The van der Waals surface area contributed by atoms with Crippen LogP contribution in [0.1, 0.15) is 24.1 Å². The summed E-state index contributed by atoms with van der Waals surface area (Å²) >= 11 is 0. The zero-order chi connectivity index (χ0) is 15.9. The molecule has 2 rings (SSSR count). The molecule has 0 saturated carbocycles. The van der Waals surface area contributed by atoms with Crippen molar-refractivity contribution >= 4 is 5.91 Å². The van der Waals surface area contributed by atoms with Gasteiger partial charge in [0.15, 0.2) is 0 Å². The lowest BCUT2D eigenvalue weighted by molar-refractivity contribution is -0.121. The Hall–Kier alpha value is -2.49. The van der Waals surface area contributed by atoms with E-state index in [1.165, 1.54) is 0 Å². The van der Waals surface area contributed by atoms with Crippen molar-refractivity contribution in [3.8, 4) is 11.5 Å². The van der Waals surface area contributed by atoms with E-state index in [0.717, 1.165) is 22.6 Å². The third kappa shape index (κ3) is 4.01. The first kappa shape index (κ1) is 15.9. The van der Waals surface area contributed by atoms with Gasteiger partial charge in [-0.2, -0.15) is 0 Å². The van der Waals surface area contributed by atoms with Crippen LogP contribution in [0, 0.1) is 0 Å². The number of hydrogen-bond donors (Lipinski definition) is 1. The highest BCUT2D eigenvalue weighted by atomic mass is 16.5. The number of ether oxygens (including phenoxy) is 2. The third-order valence-electron chi connectivity index (χ3n) is 3.54. The van der Waals surface area contributed by atoms with E-state index in [1.807, 2.05) is 55.5 Å². The van der Waals surface area contributed by atoms with E-state index in [4.69, 9.17) is 9.47 Å². The van der Waals surface area contributed by atoms with Crippen LogP contribution in [-0.4, -0.2) is 20.1 Å². The molecule has 2 aromatic carbocycles. The standard InChI is InChI=1S/C18H21NO3/c1-13(14-8-10-16(21-2)11-9-14)19-18(20)12-15-6-4-5-7-17(15)22-3/h4-11,13H,12H2,1-3H3,(H,19,20). The molecule has 0 aliphatic heterocycles. The lowest BCUT2D eigenvalue weighted by Crippen LogP contribution is -2.28. The maximum Gasteiger partial charge on any atom is 0.225 e. The second kappa shape index (κ2) is 7.50. The molecule has 0 radical (unpaired) electrons. The highest BCUT2D eigenvalue weighted by Gasteiger charge is 2.12. The zero-order valence-corrected chi connectivity index (χ0v) is 13.1. The van der Waals surface area contributed by atoms with Crippen LogP contribution in [0.2, 0.25) is 0 Å². The quantitative estimate of drug-likeness (QED) is 0.891. The van der Waals surface area contributed by atoms with Gasteiger partial charge in [-0.25, -0.2) is 0 Å². The molecule has 0 saturated heterocycles. The van der Waals surface area contributed by atoms with Gasteiger partial charge in [-0.3, -0.25) is 4.79 Å². The fourth-order valence-electron chi connectivity index (χ4n) is 2.29. The Kier molecular flexibility index (Phi) is 5.42. The van der Waals surface area contributed by atoms with E-state index >= 15 is 0 Å². The summed E-state index contributed by atoms with van der Waals surface area (Å²) in [6, 6.07) is 15.2. The molecular formula is C18H21NO3. The molecular weight excluding hydrogens is 278 g/mol. The smallest absolute Gasteiger partial charge is 0.225 e. The van der Waals surface area contributed by atoms with Crippen molar-refractivity contribution in [2.24, 2.45) is 0 Å². The van der Waals surface area contributed by atoms with Crippen molar-refractivity contribution in [2.45, 2.75) is 19.4 Å². The maximum absolute atomic E-state index is 12.2. The van der Waals surface area contributed by atoms with E-state index < -0.39 is 0 Å². The number of para-hydroxylation sites is 1. The Bertz CT molecular complexity index is 622. The molecule has 22 heavy (non-hydrogen) atoms. The van der Waals surface area contributed by atoms with Crippen molar-refractivity contribution in [3.63, 3.8) is 0 Å². The number of hydrogen-bond acceptors (Lipinski definition) is 3. The third-order valence-corrected chi connectivity index (χ3v) is 3.54. The lowest BCUT2D eigenvalue weighted by atomic mass is 10.1. The van der Waals surface area contributed by atoms with Gasteiger partial charge in [-0.1, -0.05) is 30.3 Å². The van der Waals surface area contributed by atoms with Crippen LogP contribution >= 0.6 is 0 Å². The van der Waals surface area contributed by atoms with E-state index in [0.29, 0.717) is 6.42 Å². The van der Waals surface area contributed by atoms with Gasteiger partial charge in [0.2, 0.25) is 5.91 Å². The Morgan fingerprint density at radius 3 is 2.36 bits per heavy atom. The summed E-state index contributed by atoms with van der Waals surface area (Å²) in [4.78, 5) is 12.2. The highest BCUT2D eigenvalue weighted by molar-refractivity contribution is 5.79. The molecule has 0 aliphatic carbocycles. The second-order valence-electron chi connectivity index (χ2n) is 5.05. The molecule has 0 fully saturated rings. The Labute approximate surface area is 131 Å². The number of carbonyl (C=O) groups excluding carboxylic acids is 1. The average Bonchev–Trinajstić information content (AvgIpc) is 2.55. The predicted molar refractivity (Wildman–Crippen MR) is 86.2 cm³/mol.